The predicted octanol–water partition coefficient (Wildman–Crippen LogP) is 5.05. The van der Waals surface area contributed by atoms with E-state index in [1.165, 1.54) is 0 Å². The molecule has 0 saturated heterocycles. The van der Waals surface area contributed by atoms with Crippen LogP contribution in [-0.2, 0) is 13.1 Å². The molecule has 0 heterocycles. The summed E-state index contributed by atoms with van der Waals surface area (Å²) >= 11 is 15.5. The third kappa shape index (κ3) is 3.99. The number of rotatable bonds is 4. The van der Waals surface area contributed by atoms with Gasteiger partial charge in [0, 0.05) is 27.6 Å². The van der Waals surface area contributed by atoms with E-state index in [-0.39, 0.29) is 0 Å². The van der Waals surface area contributed by atoms with Crippen molar-refractivity contribution in [3.8, 4) is 0 Å². The number of hydrogen-bond acceptors (Lipinski definition) is 1. The summed E-state index contributed by atoms with van der Waals surface area (Å²) in [6.07, 6.45) is 0. The maximum Gasteiger partial charge on any atom is 0.0462 e. The molecule has 2 rings (SSSR count). The second-order valence-electron chi connectivity index (χ2n) is 3.97. The molecule has 0 aliphatic heterocycles. The molecule has 0 radical (unpaired) electrons. The van der Waals surface area contributed by atoms with E-state index < -0.39 is 0 Å². The molecule has 0 unspecified atom stereocenters. The first-order chi connectivity index (χ1) is 8.65. The summed E-state index contributed by atoms with van der Waals surface area (Å²) in [5, 5.41) is 4.87. The van der Waals surface area contributed by atoms with Gasteiger partial charge in [-0.1, -0.05) is 57.3 Å². The van der Waals surface area contributed by atoms with Gasteiger partial charge in [-0.05, 0) is 35.4 Å². The van der Waals surface area contributed by atoms with Gasteiger partial charge in [0.25, 0.3) is 0 Å². The zero-order valence-electron chi connectivity index (χ0n) is 9.59. The Morgan fingerprint density at radius 1 is 1.00 bits per heavy atom. The monoisotopic (exact) mass is 343 g/mol. The molecule has 1 N–H and O–H groups in total. The second-order valence-corrected chi connectivity index (χ2v) is 5.73. The molecular formula is C14H12BrCl2N. The largest absolute Gasteiger partial charge is 0.309 e. The molecule has 94 valence electrons. The Kier molecular flexibility index (Phi) is 5.07. The summed E-state index contributed by atoms with van der Waals surface area (Å²) < 4.78 is 0.992. The lowest BCUT2D eigenvalue weighted by Gasteiger charge is -2.07. The second kappa shape index (κ2) is 6.58. The van der Waals surface area contributed by atoms with E-state index in [4.69, 9.17) is 23.2 Å². The highest BCUT2D eigenvalue weighted by molar-refractivity contribution is 9.10. The lowest BCUT2D eigenvalue weighted by atomic mass is 10.2. The molecule has 18 heavy (non-hydrogen) atoms. The van der Waals surface area contributed by atoms with E-state index in [0.717, 1.165) is 38.7 Å². The van der Waals surface area contributed by atoms with E-state index in [1.807, 2.05) is 42.5 Å². The number of benzene rings is 2. The Bertz CT molecular complexity index is 543. The van der Waals surface area contributed by atoms with Crippen LogP contribution in [0.15, 0.2) is 46.9 Å². The van der Waals surface area contributed by atoms with Gasteiger partial charge in [-0.3, -0.25) is 0 Å². The van der Waals surface area contributed by atoms with Crippen molar-refractivity contribution in [2.24, 2.45) is 0 Å². The minimum Gasteiger partial charge on any atom is -0.309 e. The van der Waals surface area contributed by atoms with Gasteiger partial charge in [-0.2, -0.15) is 0 Å². The Labute approximate surface area is 125 Å². The fraction of sp³-hybridized carbons (Fsp3) is 0.143. The van der Waals surface area contributed by atoms with Gasteiger partial charge >= 0.3 is 0 Å². The van der Waals surface area contributed by atoms with Gasteiger partial charge in [-0.15, -0.1) is 0 Å². The molecule has 0 fully saturated rings. The highest BCUT2D eigenvalue weighted by Gasteiger charge is 2.01. The van der Waals surface area contributed by atoms with Crippen LogP contribution < -0.4 is 5.32 Å². The maximum atomic E-state index is 6.15. The van der Waals surface area contributed by atoms with Crippen molar-refractivity contribution in [3.63, 3.8) is 0 Å². The summed E-state index contributed by atoms with van der Waals surface area (Å²) in [6.45, 7) is 1.51. The lowest BCUT2D eigenvalue weighted by Crippen LogP contribution is -2.12. The van der Waals surface area contributed by atoms with Gasteiger partial charge < -0.3 is 5.32 Å². The standard InChI is InChI=1S/C14H12BrCl2N/c15-12-5-4-11(14(17)7-12)9-18-8-10-2-1-3-13(16)6-10/h1-7,18H,8-9H2. The van der Waals surface area contributed by atoms with Crippen LogP contribution in [0.2, 0.25) is 10.0 Å². The molecule has 0 aromatic heterocycles. The molecule has 2 aromatic carbocycles. The fourth-order valence-electron chi connectivity index (χ4n) is 1.65. The van der Waals surface area contributed by atoms with Crippen LogP contribution in [0, 0.1) is 0 Å². The van der Waals surface area contributed by atoms with Crippen molar-refractivity contribution in [1.29, 1.82) is 0 Å². The van der Waals surface area contributed by atoms with E-state index >= 15 is 0 Å². The van der Waals surface area contributed by atoms with Crippen molar-refractivity contribution in [2.45, 2.75) is 13.1 Å². The van der Waals surface area contributed by atoms with Gasteiger partial charge in [0.05, 0.1) is 0 Å². The van der Waals surface area contributed by atoms with Crippen LogP contribution in [0.25, 0.3) is 0 Å². The summed E-state index contributed by atoms with van der Waals surface area (Å²) in [5.74, 6) is 0. The van der Waals surface area contributed by atoms with Crippen LogP contribution in [0.5, 0.6) is 0 Å². The Morgan fingerprint density at radius 2 is 1.83 bits per heavy atom. The molecule has 0 spiro atoms. The van der Waals surface area contributed by atoms with Crippen LogP contribution in [0.1, 0.15) is 11.1 Å². The van der Waals surface area contributed by atoms with Gasteiger partial charge in [0.2, 0.25) is 0 Å². The van der Waals surface area contributed by atoms with E-state index in [9.17, 15) is 0 Å². The third-order valence-electron chi connectivity index (χ3n) is 2.55. The Morgan fingerprint density at radius 3 is 2.56 bits per heavy atom. The van der Waals surface area contributed by atoms with Crippen molar-refractivity contribution < 1.29 is 0 Å². The summed E-state index contributed by atoms with van der Waals surface area (Å²) in [5.41, 5.74) is 2.25. The summed E-state index contributed by atoms with van der Waals surface area (Å²) in [4.78, 5) is 0. The molecule has 1 nitrogen and oxygen atoms in total. The zero-order chi connectivity index (χ0) is 13.0. The molecule has 0 aliphatic rings. The first-order valence-electron chi connectivity index (χ1n) is 5.54. The molecule has 0 bridgehead atoms. The third-order valence-corrected chi connectivity index (χ3v) is 3.63. The average Bonchev–Trinajstić information content (AvgIpc) is 2.32. The zero-order valence-corrected chi connectivity index (χ0v) is 12.7. The first-order valence-corrected chi connectivity index (χ1v) is 7.09. The molecule has 0 saturated carbocycles. The summed E-state index contributed by atoms with van der Waals surface area (Å²) in [7, 11) is 0. The molecule has 4 heteroatoms. The topological polar surface area (TPSA) is 12.0 Å². The number of hydrogen-bond donors (Lipinski definition) is 1. The van der Waals surface area contributed by atoms with Crippen molar-refractivity contribution >= 4 is 39.1 Å². The smallest absolute Gasteiger partial charge is 0.0462 e. The molecule has 0 atom stereocenters. The molecule has 2 aromatic rings. The average molecular weight is 345 g/mol. The number of nitrogens with one attached hydrogen (secondary N) is 1. The minimum absolute atomic E-state index is 0.735. The fourth-order valence-corrected chi connectivity index (χ4v) is 2.61. The highest BCUT2D eigenvalue weighted by Crippen LogP contribution is 2.21. The van der Waals surface area contributed by atoms with Gasteiger partial charge in [0.1, 0.15) is 0 Å². The van der Waals surface area contributed by atoms with Crippen LogP contribution >= 0.6 is 39.1 Å². The molecule has 0 amide bonds. The summed E-state index contributed by atoms with van der Waals surface area (Å²) in [6, 6.07) is 13.7. The van der Waals surface area contributed by atoms with Crippen LogP contribution in [0.3, 0.4) is 0 Å². The molecular weight excluding hydrogens is 333 g/mol. The van der Waals surface area contributed by atoms with Crippen molar-refractivity contribution in [3.05, 3.63) is 68.1 Å². The number of halogens is 3. The Balaban J connectivity index is 1.92. The predicted molar refractivity (Wildman–Crippen MR) is 81.1 cm³/mol. The van der Waals surface area contributed by atoms with Crippen LogP contribution in [-0.4, -0.2) is 0 Å². The first kappa shape index (κ1) is 13.9. The normalized spacial score (nSPS) is 10.6. The van der Waals surface area contributed by atoms with Crippen LogP contribution in [0.4, 0.5) is 0 Å². The van der Waals surface area contributed by atoms with Crippen molar-refractivity contribution in [1.82, 2.24) is 5.32 Å². The van der Waals surface area contributed by atoms with E-state index in [0.29, 0.717) is 0 Å². The quantitative estimate of drug-likeness (QED) is 0.818. The SMILES string of the molecule is Clc1cccc(CNCc2ccc(Br)cc2Cl)c1. The van der Waals surface area contributed by atoms with Gasteiger partial charge in [0.15, 0.2) is 0 Å². The van der Waals surface area contributed by atoms with E-state index in [2.05, 4.69) is 21.2 Å². The Hall–Kier alpha value is -0.540. The minimum atomic E-state index is 0.735. The highest BCUT2D eigenvalue weighted by atomic mass is 79.9. The van der Waals surface area contributed by atoms with Gasteiger partial charge in [-0.25, -0.2) is 0 Å². The lowest BCUT2D eigenvalue weighted by molar-refractivity contribution is 0.693. The maximum absolute atomic E-state index is 6.15. The van der Waals surface area contributed by atoms with Crippen molar-refractivity contribution in [2.75, 3.05) is 0 Å². The molecule has 0 aliphatic carbocycles. The van der Waals surface area contributed by atoms with E-state index in [1.54, 1.807) is 0 Å².